The maximum atomic E-state index is 14.0. The minimum absolute atomic E-state index is 0.0394. The van der Waals surface area contributed by atoms with E-state index in [9.17, 15) is 47.9 Å². The predicted octanol–water partition coefficient (Wildman–Crippen LogP) is 2.34. The molecule has 6 amide bonds. The zero-order valence-corrected chi connectivity index (χ0v) is 63.5. The smallest absolute Gasteiger partial charge is 0.407 e. The first-order valence-electron chi connectivity index (χ1n) is 36.4. The summed E-state index contributed by atoms with van der Waals surface area (Å²) in [5, 5.41) is 20.3. The Bertz CT molecular complexity index is 2750. The maximum Gasteiger partial charge on any atom is 0.407 e. The number of hydrogen-bond donors (Lipinski definition) is 7. The van der Waals surface area contributed by atoms with Crippen LogP contribution < -0.4 is 37.2 Å². The summed E-state index contributed by atoms with van der Waals surface area (Å²) in [7, 11) is 0. The van der Waals surface area contributed by atoms with Crippen molar-refractivity contribution in [3.63, 3.8) is 0 Å². The first kappa shape index (κ1) is 90.8. The molecule has 4 rings (SSSR count). The zero-order chi connectivity index (χ0) is 77.1. The normalized spacial score (nSPS) is 24.9. The van der Waals surface area contributed by atoms with Gasteiger partial charge in [0, 0.05) is 80.4 Å². The monoisotopic (exact) mass is 1500 g/mol. The molecule has 7 N–H and O–H groups in total. The second-order valence-corrected chi connectivity index (χ2v) is 26.7. The number of alkyl carbamates (subject to hydrolysis) is 1. The van der Waals surface area contributed by atoms with E-state index in [1.165, 1.54) is 41.5 Å². The molecule has 3 aliphatic heterocycles. The first-order valence-corrected chi connectivity index (χ1v) is 36.4. The van der Waals surface area contributed by atoms with Crippen molar-refractivity contribution in [1.82, 2.24) is 37.2 Å². The molecule has 3 saturated heterocycles. The standard InChI is InChI=1S/C72H119N7O26/c1-46-49(4)65(76-52(7)80)68(103-60(46)43-99-55(10)83)96-37-34-93-31-28-90-25-22-73-41-59(86)18-20-72(79-71(89)102-42-58-16-14-13-15-17-58,40-64(88)75-24-27-92-30-33-95-36-39-98-70-67(78-54(9)82)51(6)48(3)62(105-70)45-101-57(12)85)21-19-63(87)74-23-26-91-29-32-94-35-38-97-69-66(77-53(8)81)50(5)47(2)61(104-69)44-100-56(11)84/h13-17,46-51,60-62,65-70,73H,18-45H2,1-12H3,(H,74,87)(H,75,88)(H,76,80)(H,77,81)(H,78,82)(H,79,89). The molecule has 0 saturated carbocycles. The van der Waals surface area contributed by atoms with Gasteiger partial charge < -0.3 is 113 Å². The number of benzene rings is 1. The van der Waals surface area contributed by atoms with Crippen LogP contribution in [0.4, 0.5) is 4.79 Å². The fourth-order valence-corrected chi connectivity index (χ4v) is 12.0. The minimum Gasteiger partial charge on any atom is -0.463 e. The van der Waals surface area contributed by atoms with Crippen molar-refractivity contribution in [2.24, 2.45) is 35.5 Å². The van der Waals surface area contributed by atoms with Crippen molar-refractivity contribution in [3.05, 3.63) is 35.9 Å². The highest BCUT2D eigenvalue weighted by Gasteiger charge is 2.46. The van der Waals surface area contributed by atoms with Crippen molar-refractivity contribution in [3.8, 4) is 0 Å². The van der Waals surface area contributed by atoms with Gasteiger partial charge in [0.15, 0.2) is 18.9 Å². The Morgan fingerprint density at radius 3 is 1.14 bits per heavy atom. The molecule has 33 nitrogen and oxygen atoms in total. The van der Waals surface area contributed by atoms with E-state index in [0.29, 0.717) is 12.1 Å². The van der Waals surface area contributed by atoms with Crippen LogP contribution in [-0.4, -0.2) is 265 Å². The van der Waals surface area contributed by atoms with Gasteiger partial charge in [0.1, 0.15) is 32.2 Å². The van der Waals surface area contributed by atoms with Gasteiger partial charge in [-0.3, -0.25) is 43.2 Å². The van der Waals surface area contributed by atoms with Crippen LogP contribution in [0.2, 0.25) is 0 Å². The van der Waals surface area contributed by atoms with Gasteiger partial charge >= 0.3 is 24.0 Å². The summed E-state index contributed by atoms with van der Waals surface area (Å²) in [5.74, 6) is -3.50. The zero-order valence-electron chi connectivity index (χ0n) is 63.5. The van der Waals surface area contributed by atoms with Gasteiger partial charge in [-0.2, -0.15) is 0 Å². The van der Waals surface area contributed by atoms with Crippen molar-refractivity contribution < 1.29 is 124 Å². The van der Waals surface area contributed by atoms with Gasteiger partial charge in [-0.15, -0.1) is 0 Å². The topological polar surface area (TPSA) is 403 Å². The molecule has 0 bridgehead atoms. The largest absolute Gasteiger partial charge is 0.463 e. The lowest BCUT2D eigenvalue weighted by atomic mass is 9.82. The van der Waals surface area contributed by atoms with Gasteiger partial charge in [-0.1, -0.05) is 71.9 Å². The molecule has 1 aromatic carbocycles. The van der Waals surface area contributed by atoms with Crippen LogP contribution in [0.3, 0.4) is 0 Å². The van der Waals surface area contributed by atoms with Gasteiger partial charge in [0.25, 0.3) is 0 Å². The molecule has 16 atom stereocenters. The van der Waals surface area contributed by atoms with E-state index in [2.05, 4.69) is 37.2 Å². The predicted molar refractivity (Wildman–Crippen MR) is 376 cm³/mol. The molecule has 3 heterocycles. The molecule has 16 unspecified atom stereocenters. The number of amides is 6. The summed E-state index contributed by atoms with van der Waals surface area (Å²) in [5.41, 5.74) is -0.778. The fraction of sp³-hybridized carbons (Fsp3) is 0.778. The Morgan fingerprint density at radius 1 is 0.410 bits per heavy atom. The quantitative estimate of drug-likeness (QED) is 0.0279. The van der Waals surface area contributed by atoms with Crippen LogP contribution >= 0.6 is 0 Å². The van der Waals surface area contributed by atoms with E-state index in [0.717, 1.165) is 0 Å². The Kier molecular flexibility index (Phi) is 44.0. The van der Waals surface area contributed by atoms with Crippen molar-refractivity contribution in [1.29, 1.82) is 0 Å². The van der Waals surface area contributed by atoms with Crippen LogP contribution in [0.5, 0.6) is 0 Å². The molecule has 0 aliphatic carbocycles. The number of ketones is 1. The lowest BCUT2D eigenvalue weighted by molar-refractivity contribution is -0.247. The van der Waals surface area contributed by atoms with E-state index in [1.807, 2.05) is 47.6 Å². The third-order valence-electron chi connectivity index (χ3n) is 18.5. The van der Waals surface area contributed by atoms with Crippen LogP contribution in [0.1, 0.15) is 121 Å². The Hall–Kier alpha value is -6.60. The SMILES string of the molecule is CC(=O)NC1C(OCCOCCOCCNCC(=O)CCC(CCC(=O)NCCOCCOCCOC2OC(COC(C)=O)C(C)C(C)C2NC(C)=O)(CC(=O)NCCOCCOCCOC2OC(COC(C)=O)C(C)C(C)C2NC(C)=O)NC(=O)OCc2ccccc2)OC(COC(C)=O)C(C)C1C. The Labute approximate surface area is 617 Å². The van der Waals surface area contributed by atoms with E-state index in [1.54, 1.807) is 24.3 Å². The molecule has 598 valence electrons. The molecule has 3 fully saturated rings. The van der Waals surface area contributed by atoms with Crippen LogP contribution in [-0.2, 0) is 126 Å². The molecule has 105 heavy (non-hydrogen) atoms. The molecule has 0 aromatic heterocycles. The summed E-state index contributed by atoms with van der Waals surface area (Å²) in [6.45, 7) is 23.0. The maximum absolute atomic E-state index is 14.0. The average Bonchev–Trinajstić information content (AvgIpc) is 0.823. The van der Waals surface area contributed by atoms with Gasteiger partial charge in [-0.25, -0.2) is 4.79 Å². The number of esters is 3. The summed E-state index contributed by atoms with van der Waals surface area (Å²) in [6.07, 6.45) is -5.40. The van der Waals surface area contributed by atoms with Crippen molar-refractivity contribution >= 4 is 59.3 Å². The number of carbonyl (C=O) groups excluding carboxylic acids is 10. The first-order chi connectivity index (χ1) is 50.2. The van der Waals surface area contributed by atoms with E-state index < -0.39 is 96.7 Å². The third kappa shape index (κ3) is 36.7. The van der Waals surface area contributed by atoms with Crippen molar-refractivity contribution in [2.45, 2.75) is 183 Å². The van der Waals surface area contributed by atoms with E-state index in [-0.39, 0.29) is 236 Å². The molecule has 3 aliphatic rings. The molecule has 0 radical (unpaired) electrons. The number of hydrogen-bond acceptors (Lipinski definition) is 27. The molecule has 0 spiro atoms. The molecule has 33 heteroatoms. The number of carbonyl (C=O) groups is 10. The molecular weight excluding hydrogens is 1380 g/mol. The number of rotatable bonds is 52. The second-order valence-electron chi connectivity index (χ2n) is 26.7. The van der Waals surface area contributed by atoms with Gasteiger partial charge in [0.2, 0.25) is 29.5 Å². The average molecular weight is 1500 g/mol. The lowest BCUT2D eigenvalue weighted by Gasteiger charge is -2.44. The van der Waals surface area contributed by atoms with Crippen LogP contribution in [0.25, 0.3) is 0 Å². The minimum atomic E-state index is -1.48. The summed E-state index contributed by atoms with van der Waals surface area (Å²) in [4.78, 5) is 126. The number of nitrogens with one attached hydrogen (secondary N) is 7. The summed E-state index contributed by atoms with van der Waals surface area (Å²) < 4.78 is 92.1. The molecule has 1 aromatic rings. The highest BCUT2D eigenvalue weighted by atomic mass is 16.7. The van der Waals surface area contributed by atoms with Gasteiger partial charge in [0.05, 0.1) is 148 Å². The Morgan fingerprint density at radius 2 is 0.762 bits per heavy atom. The lowest BCUT2D eigenvalue weighted by Crippen LogP contribution is -2.58. The summed E-state index contributed by atoms with van der Waals surface area (Å²) in [6, 6.07) is 7.62. The van der Waals surface area contributed by atoms with E-state index >= 15 is 0 Å². The highest BCUT2D eigenvalue weighted by Crippen LogP contribution is 2.35. The van der Waals surface area contributed by atoms with Gasteiger partial charge in [-0.05, 0) is 53.9 Å². The Balaban J connectivity index is 1.29. The number of Topliss-reactive ketones (excluding diaryl/α,β-unsaturated/α-hetero) is 1. The fourth-order valence-electron chi connectivity index (χ4n) is 12.0. The second kappa shape index (κ2) is 50.9. The van der Waals surface area contributed by atoms with E-state index in [4.69, 9.17) is 75.8 Å². The third-order valence-corrected chi connectivity index (χ3v) is 18.5. The van der Waals surface area contributed by atoms with Crippen LogP contribution in [0.15, 0.2) is 30.3 Å². The van der Waals surface area contributed by atoms with Crippen LogP contribution in [0, 0.1) is 35.5 Å². The molecular formula is C72H119N7O26. The summed E-state index contributed by atoms with van der Waals surface area (Å²) >= 11 is 0. The number of ether oxygens (including phenoxy) is 16. The highest BCUT2D eigenvalue weighted by molar-refractivity contribution is 5.82. The van der Waals surface area contributed by atoms with Crippen molar-refractivity contribution in [2.75, 3.05) is 145 Å².